The van der Waals surface area contributed by atoms with Crippen LogP contribution in [0.1, 0.15) is 213 Å². The molecular weight excluding hydrogens is 791 g/mol. The summed E-state index contributed by atoms with van der Waals surface area (Å²) in [6.45, 7) is 3.25. The van der Waals surface area contributed by atoms with E-state index < -0.39 is 78.5 Å². The average molecular weight is 880 g/mol. The van der Waals surface area contributed by atoms with Gasteiger partial charge in [0, 0.05) is 0 Å². The highest BCUT2D eigenvalue weighted by molar-refractivity contribution is 7.80. The van der Waals surface area contributed by atoms with Crippen molar-refractivity contribution in [2.24, 2.45) is 0 Å². The predicted octanol–water partition coefficient (Wildman–Crippen LogP) is 8.53. The second-order valence-corrected chi connectivity index (χ2v) is 18.2. The summed E-state index contributed by atoms with van der Waals surface area (Å²) in [7, 11) is -5.11. The van der Waals surface area contributed by atoms with Gasteiger partial charge in [0.05, 0.1) is 25.4 Å². The number of aliphatic hydroxyl groups excluding tert-OH is 5. The number of amides is 1. The molecule has 1 fully saturated rings. The zero-order chi connectivity index (χ0) is 44.3. The lowest BCUT2D eigenvalue weighted by Crippen LogP contribution is -2.61. The molecule has 1 aliphatic heterocycles. The summed E-state index contributed by atoms with van der Waals surface area (Å²) in [6.07, 6.45) is 28.5. The van der Waals surface area contributed by atoms with Crippen LogP contribution in [0, 0.1) is 0 Å². The Balaban J connectivity index is 2.42. The van der Waals surface area contributed by atoms with E-state index in [1.54, 1.807) is 0 Å². The van der Waals surface area contributed by atoms with Gasteiger partial charge in [-0.1, -0.05) is 187 Å². The number of hydrogen-bond donors (Lipinski definition) is 7. The van der Waals surface area contributed by atoms with Gasteiger partial charge in [0.2, 0.25) is 5.91 Å². The summed E-state index contributed by atoms with van der Waals surface area (Å²) in [5.74, 6) is -0.675. The third-order valence-electron chi connectivity index (χ3n) is 11.7. The van der Waals surface area contributed by atoms with Gasteiger partial charge in [0.15, 0.2) is 6.29 Å². The fraction of sp³-hybridized carbons (Fsp3) is 0.935. The molecule has 0 aliphatic carbocycles. The molecule has 0 aromatic heterocycles. The lowest BCUT2D eigenvalue weighted by atomic mass is 9.99. The maximum Gasteiger partial charge on any atom is 0.397 e. The Morgan fingerprint density at radius 2 is 1.07 bits per heavy atom. The van der Waals surface area contributed by atoms with E-state index in [0.29, 0.717) is 19.3 Å². The Labute approximate surface area is 364 Å². The summed E-state index contributed by atoms with van der Waals surface area (Å²) in [6, 6.07) is -1.03. The van der Waals surface area contributed by atoms with Gasteiger partial charge in [-0.25, -0.2) is 4.18 Å². The Kier molecular flexibility index (Phi) is 35.2. The highest BCUT2D eigenvalue weighted by Crippen LogP contribution is 2.26. The highest BCUT2D eigenvalue weighted by Gasteiger charge is 2.48. The number of nitrogens with one attached hydrogen (secondary N) is 1. The van der Waals surface area contributed by atoms with Crippen LogP contribution in [0.5, 0.6) is 0 Å². The van der Waals surface area contributed by atoms with Crippen molar-refractivity contribution in [1.29, 1.82) is 0 Å². The molecule has 1 saturated heterocycles. The first-order chi connectivity index (χ1) is 28.9. The van der Waals surface area contributed by atoms with Crippen molar-refractivity contribution in [3.63, 3.8) is 0 Å². The Morgan fingerprint density at radius 3 is 1.50 bits per heavy atom. The van der Waals surface area contributed by atoms with Gasteiger partial charge in [-0.2, -0.15) is 8.42 Å². The van der Waals surface area contributed by atoms with Gasteiger partial charge in [-0.05, 0) is 38.5 Å². The number of allylic oxidation sites excluding steroid dienone is 2. The molecule has 0 saturated carbocycles. The number of hydrogen-bond acceptors (Lipinski definition) is 11. The number of carbonyl (C=O) groups is 1. The third-order valence-corrected chi connectivity index (χ3v) is 12.1. The molecule has 1 amide bonds. The fourth-order valence-corrected chi connectivity index (χ4v) is 8.32. The van der Waals surface area contributed by atoms with Crippen molar-refractivity contribution in [3.8, 4) is 0 Å². The van der Waals surface area contributed by atoms with Crippen LogP contribution in [-0.4, -0.2) is 107 Å². The average Bonchev–Trinajstić information content (AvgIpc) is 3.22. The molecule has 356 valence electrons. The minimum atomic E-state index is -5.11. The zero-order valence-corrected chi connectivity index (χ0v) is 38.5. The molecule has 13 nitrogen and oxygen atoms in total. The van der Waals surface area contributed by atoms with E-state index >= 15 is 0 Å². The van der Waals surface area contributed by atoms with Crippen LogP contribution >= 0.6 is 0 Å². The lowest BCUT2D eigenvalue weighted by molar-refractivity contribution is -0.298. The van der Waals surface area contributed by atoms with Crippen LogP contribution in [0.3, 0.4) is 0 Å². The summed E-state index contributed by atoms with van der Waals surface area (Å²) >= 11 is 0. The molecule has 0 aromatic carbocycles. The molecule has 0 bridgehead atoms. The van der Waals surface area contributed by atoms with E-state index in [0.717, 1.165) is 57.8 Å². The van der Waals surface area contributed by atoms with Crippen molar-refractivity contribution in [2.45, 2.75) is 262 Å². The number of ether oxygens (including phenoxy) is 2. The molecule has 1 rings (SSSR count). The van der Waals surface area contributed by atoms with Crippen LogP contribution in [0.15, 0.2) is 12.2 Å². The topological polar surface area (TPSA) is 212 Å². The summed E-state index contributed by atoms with van der Waals surface area (Å²) < 4.78 is 47.5. The van der Waals surface area contributed by atoms with E-state index in [2.05, 4.69) is 35.5 Å². The molecule has 0 radical (unpaired) electrons. The van der Waals surface area contributed by atoms with Crippen molar-refractivity contribution < 1.29 is 57.0 Å². The van der Waals surface area contributed by atoms with Crippen molar-refractivity contribution in [3.05, 3.63) is 12.2 Å². The first-order valence-electron chi connectivity index (χ1n) is 24.2. The van der Waals surface area contributed by atoms with E-state index in [1.807, 2.05) is 0 Å². The Morgan fingerprint density at radius 1 is 0.650 bits per heavy atom. The molecule has 8 unspecified atom stereocenters. The second kappa shape index (κ2) is 37.2. The van der Waals surface area contributed by atoms with Crippen LogP contribution < -0.4 is 5.32 Å². The first-order valence-corrected chi connectivity index (χ1v) is 25.5. The van der Waals surface area contributed by atoms with Gasteiger partial charge in [-0.3, -0.25) is 9.35 Å². The summed E-state index contributed by atoms with van der Waals surface area (Å²) in [4.78, 5) is 13.1. The number of aliphatic hydroxyl groups is 5. The monoisotopic (exact) mass is 880 g/mol. The minimum Gasteiger partial charge on any atom is -0.394 e. The molecule has 14 heteroatoms. The molecule has 60 heavy (non-hydrogen) atoms. The SMILES string of the molecule is CCCCCCCCCCCCCC/C=C\CCCCCCCCC(O)C(=O)NC(COC1OC(CO)C(O)C(OS(=O)(=O)O)C1O)C(O)CCCCCCCCCCC. The van der Waals surface area contributed by atoms with E-state index in [9.17, 15) is 38.7 Å². The van der Waals surface area contributed by atoms with Crippen molar-refractivity contribution in [1.82, 2.24) is 5.32 Å². The van der Waals surface area contributed by atoms with Crippen molar-refractivity contribution in [2.75, 3.05) is 13.2 Å². The number of unbranched alkanes of at least 4 members (excludes halogenated alkanes) is 26. The molecule has 0 spiro atoms. The van der Waals surface area contributed by atoms with E-state index in [4.69, 9.17) is 14.0 Å². The van der Waals surface area contributed by atoms with E-state index in [-0.39, 0.29) is 6.42 Å². The highest BCUT2D eigenvalue weighted by atomic mass is 32.3. The van der Waals surface area contributed by atoms with Gasteiger partial charge in [0.1, 0.15) is 30.5 Å². The van der Waals surface area contributed by atoms with Gasteiger partial charge >= 0.3 is 10.4 Å². The van der Waals surface area contributed by atoms with Crippen LogP contribution in [0.4, 0.5) is 0 Å². The molecule has 1 aliphatic rings. The third kappa shape index (κ3) is 29.2. The normalized spacial score (nSPS) is 21.4. The van der Waals surface area contributed by atoms with Gasteiger partial charge in [-0.15, -0.1) is 0 Å². The van der Waals surface area contributed by atoms with Gasteiger partial charge in [0.25, 0.3) is 0 Å². The second-order valence-electron chi connectivity index (χ2n) is 17.2. The summed E-state index contributed by atoms with van der Waals surface area (Å²) in [5, 5.41) is 55.2. The predicted molar refractivity (Wildman–Crippen MR) is 238 cm³/mol. The molecule has 8 atom stereocenters. The van der Waals surface area contributed by atoms with Gasteiger partial charge < -0.3 is 40.3 Å². The maximum atomic E-state index is 13.1. The standard InChI is InChI=1S/C46H89NO12S/c1-3-5-7-9-11-13-14-15-16-17-18-19-20-21-22-23-24-25-27-29-31-33-35-40(50)45(53)47-38(39(49)34-32-30-28-26-12-10-8-6-4-2)37-57-46-43(52)44(59-60(54,55)56)42(51)41(36-48)58-46/h21-22,38-44,46,48-52H,3-20,23-37H2,1-2H3,(H,47,53)(H,54,55,56)/b22-21-. The Bertz CT molecular complexity index is 1140. The Hall–Kier alpha value is -1.20. The maximum absolute atomic E-state index is 13.1. The molecule has 0 aromatic rings. The first kappa shape index (κ1) is 56.8. The molecule has 1 heterocycles. The smallest absolute Gasteiger partial charge is 0.394 e. The van der Waals surface area contributed by atoms with Crippen molar-refractivity contribution >= 4 is 16.3 Å². The van der Waals surface area contributed by atoms with E-state index in [1.165, 1.54) is 116 Å². The zero-order valence-electron chi connectivity index (χ0n) is 37.6. The van der Waals surface area contributed by atoms with Crippen LogP contribution in [0.25, 0.3) is 0 Å². The van der Waals surface area contributed by atoms with Crippen LogP contribution in [-0.2, 0) is 28.9 Å². The molecular formula is C46H89NO12S. The number of rotatable bonds is 41. The minimum absolute atomic E-state index is 0.255. The fourth-order valence-electron chi connectivity index (χ4n) is 7.81. The van der Waals surface area contributed by atoms with Crippen LogP contribution in [0.2, 0.25) is 0 Å². The quantitative estimate of drug-likeness (QED) is 0.0175. The lowest BCUT2D eigenvalue weighted by Gasteiger charge is -2.41. The molecule has 7 N–H and O–H groups in total. The largest absolute Gasteiger partial charge is 0.397 e. The number of carbonyl (C=O) groups excluding carboxylic acids is 1. The summed E-state index contributed by atoms with van der Waals surface area (Å²) in [5.41, 5.74) is 0.